The highest BCUT2D eigenvalue weighted by Gasteiger charge is 2.15. The molecule has 1 N–H and O–H groups in total. The van der Waals surface area contributed by atoms with Gasteiger partial charge in [0.25, 0.3) is 0 Å². The van der Waals surface area contributed by atoms with E-state index in [4.69, 9.17) is 0 Å². The minimum Gasteiger partial charge on any atom is -0.355 e. The third-order valence-electron chi connectivity index (χ3n) is 4.71. The first kappa shape index (κ1) is 16.1. The maximum absolute atomic E-state index is 12.1. The zero-order valence-corrected chi connectivity index (χ0v) is 14.0. The van der Waals surface area contributed by atoms with Gasteiger partial charge in [-0.25, -0.2) is 0 Å². The molecule has 0 saturated carbocycles. The Labute approximate surface area is 138 Å². The summed E-state index contributed by atoms with van der Waals surface area (Å²) in [5.74, 6) is 0.915. The summed E-state index contributed by atoms with van der Waals surface area (Å²) in [6.07, 6.45) is 5.69. The van der Waals surface area contributed by atoms with Crippen LogP contribution in [-0.2, 0) is 11.3 Å². The van der Waals surface area contributed by atoms with Crippen LogP contribution in [-0.4, -0.2) is 41.6 Å². The van der Waals surface area contributed by atoms with Gasteiger partial charge in [0.15, 0.2) is 0 Å². The number of fused-ring (bicyclic) bond motifs is 1. The summed E-state index contributed by atoms with van der Waals surface area (Å²) in [4.78, 5) is 14.6. The normalized spacial score (nSPS) is 19.1. The summed E-state index contributed by atoms with van der Waals surface area (Å²) in [6.45, 7) is 7.01. The van der Waals surface area contributed by atoms with Crippen LogP contribution in [0, 0.1) is 5.92 Å². The lowest BCUT2D eigenvalue weighted by atomic mass is 10.0. The maximum atomic E-state index is 12.1. The van der Waals surface area contributed by atoms with Gasteiger partial charge in [-0.3, -0.25) is 4.79 Å². The van der Waals surface area contributed by atoms with Gasteiger partial charge < -0.3 is 14.8 Å². The highest BCUT2D eigenvalue weighted by molar-refractivity contribution is 5.83. The van der Waals surface area contributed by atoms with Crippen LogP contribution in [0.25, 0.3) is 10.9 Å². The Morgan fingerprint density at radius 3 is 3.04 bits per heavy atom. The molecule has 4 nitrogen and oxygen atoms in total. The number of carbonyl (C=O) groups is 1. The first-order valence-corrected chi connectivity index (χ1v) is 8.75. The highest BCUT2D eigenvalue weighted by atomic mass is 16.1. The van der Waals surface area contributed by atoms with Gasteiger partial charge >= 0.3 is 0 Å². The minimum absolute atomic E-state index is 0.0957. The Hall–Kier alpha value is -1.81. The van der Waals surface area contributed by atoms with E-state index in [0.29, 0.717) is 6.54 Å². The number of hydrogen-bond donors (Lipinski definition) is 1. The van der Waals surface area contributed by atoms with E-state index in [1.54, 1.807) is 0 Å². The molecule has 2 heterocycles. The topological polar surface area (TPSA) is 37.3 Å². The van der Waals surface area contributed by atoms with E-state index >= 15 is 0 Å². The second-order valence-electron chi connectivity index (χ2n) is 6.75. The van der Waals surface area contributed by atoms with Crippen molar-refractivity contribution < 1.29 is 4.79 Å². The number of hydrogen-bond acceptors (Lipinski definition) is 2. The average molecular weight is 313 g/mol. The Bertz CT molecular complexity index is 649. The van der Waals surface area contributed by atoms with Crippen LogP contribution >= 0.6 is 0 Å². The fourth-order valence-electron chi connectivity index (χ4n) is 3.51. The molecule has 0 spiro atoms. The van der Waals surface area contributed by atoms with Crippen molar-refractivity contribution >= 4 is 16.8 Å². The van der Waals surface area contributed by atoms with Gasteiger partial charge in [0.1, 0.15) is 6.54 Å². The van der Waals surface area contributed by atoms with Crippen LogP contribution in [0.3, 0.4) is 0 Å². The third-order valence-corrected chi connectivity index (χ3v) is 4.71. The van der Waals surface area contributed by atoms with Crippen molar-refractivity contribution in [2.45, 2.75) is 32.7 Å². The van der Waals surface area contributed by atoms with Crippen LogP contribution < -0.4 is 5.32 Å². The van der Waals surface area contributed by atoms with Crippen molar-refractivity contribution in [2.24, 2.45) is 5.92 Å². The van der Waals surface area contributed by atoms with Gasteiger partial charge in [-0.15, -0.1) is 0 Å². The molecule has 2 aromatic rings. The number of benzene rings is 1. The maximum Gasteiger partial charge on any atom is 0.239 e. The monoisotopic (exact) mass is 313 g/mol. The molecule has 1 atom stereocenters. The van der Waals surface area contributed by atoms with Crippen molar-refractivity contribution in [1.82, 2.24) is 14.8 Å². The molecule has 0 aliphatic carbocycles. The molecular formula is C19H27N3O. The Morgan fingerprint density at radius 1 is 1.30 bits per heavy atom. The Balaban J connectivity index is 1.40. The predicted molar refractivity (Wildman–Crippen MR) is 94.4 cm³/mol. The van der Waals surface area contributed by atoms with Crippen molar-refractivity contribution in [1.29, 1.82) is 0 Å². The Kier molecular flexibility index (Phi) is 5.34. The number of piperidine rings is 1. The number of nitrogens with one attached hydrogen (secondary N) is 1. The van der Waals surface area contributed by atoms with Gasteiger partial charge in [0, 0.05) is 24.8 Å². The molecule has 23 heavy (non-hydrogen) atoms. The molecule has 0 radical (unpaired) electrons. The fraction of sp³-hybridized carbons (Fsp3) is 0.526. The molecule has 1 amide bonds. The Morgan fingerprint density at radius 2 is 2.17 bits per heavy atom. The molecule has 124 valence electrons. The highest BCUT2D eigenvalue weighted by Crippen LogP contribution is 2.15. The van der Waals surface area contributed by atoms with E-state index in [-0.39, 0.29) is 5.91 Å². The standard InChI is InChI=1S/C19H27N3O/c1-16-6-4-11-21(14-16)12-5-10-20-19(23)15-22-13-9-17-7-2-3-8-18(17)22/h2-3,7-9,13,16H,4-6,10-12,14-15H2,1H3,(H,20,23). The largest absolute Gasteiger partial charge is 0.355 e. The molecule has 1 aliphatic rings. The summed E-state index contributed by atoms with van der Waals surface area (Å²) in [7, 11) is 0. The van der Waals surface area contributed by atoms with E-state index in [9.17, 15) is 4.79 Å². The summed E-state index contributed by atoms with van der Waals surface area (Å²) in [6, 6.07) is 10.2. The molecule has 1 unspecified atom stereocenters. The van der Waals surface area contributed by atoms with Crippen molar-refractivity contribution in [2.75, 3.05) is 26.2 Å². The van der Waals surface area contributed by atoms with Gasteiger partial charge in [-0.2, -0.15) is 0 Å². The van der Waals surface area contributed by atoms with Crippen LogP contribution in [0.4, 0.5) is 0 Å². The van der Waals surface area contributed by atoms with E-state index in [2.05, 4.69) is 35.3 Å². The quantitative estimate of drug-likeness (QED) is 0.833. The van der Waals surface area contributed by atoms with Gasteiger partial charge in [0.2, 0.25) is 5.91 Å². The summed E-state index contributed by atoms with van der Waals surface area (Å²) in [5, 5.41) is 4.23. The SMILES string of the molecule is CC1CCCN(CCCNC(=O)Cn2ccc3ccccc32)C1. The van der Waals surface area contributed by atoms with Gasteiger partial charge in [0.05, 0.1) is 0 Å². The smallest absolute Gasteiger partial charge is 0.239 e. The molecule has 1 aromatic heterocycles. The van der Waals surface area contributed by atoms with Crippen LogP contribution in [0.1, 0.15) is 26.2 Å². The van der Waals surface area contributed by atoms with E-state index in [1.165, 1.54) is 31.3 Å². The molecule has 1 fully saturated rings. The number of rotatable bonds is 6. The number of amides is 1. The van der Waals surface area contributed by atoms with Crippen LogP contribution in [0.5, 0.6) is 0 Å². The first-order chi connectivity index (χ1) is 11.2. The molecule has 1 aliphatic heterocycles. The van der Waals surface area contributed by atoms with E-state index in [1.807, 2.05) is 22.9 Å². The van der Waals surface area contributed by atoms with Gasteiger partial charge in [-0.05, 0) is 55.8 Å². The zero-order valence-electron chi connectivity index (χ0n) is 14.0. The molecule has 0 bridgehead atoms. The number of nitrogens with zero attached hydrogens (tertiary/aromatic N) is 2. The predicted octanol–water partition coefficient (Wildman–Crippen LogP) is 2.88. The number of aromatic nitrogens is 1. The molecule has 3 rings (SSSR count). The van der Waals surface area contributed by atoms with Crippen LogP contribution in [0.15, 0.2) is 36.5 Å². The third kappa shape index (κ3) is 4.35. The van der Waals surface area contributed by atoms with E-state index < -0.39 is 0 Å². The van der Waals surface area contributed by atoms with E-state index in [0.717, 1.165) is 30.9 Å². The second kappa shape index (κ2) is 7.64. The minimum atomic E-state index is 0.0957. The van der Waals surface area contributed by atoms with Crippen molar-refractivity contribution in [3.05, 3.63) is 36.5 Å². The van der Waals surface area contributed by atoms with Gasteiger partial charge in [-0.1, -0.05) is 25.1 Å². The second-order valence-corrected chi connectivity index (χ2v) is 6.75. The van der Waals surface area contributed by atoms with Crippen molar-refractivity contribution in [3.8, 4) is 0 Å². The molecule has 4 heteroatoms. The number of para-hydroxylation sites is 1. The number of carbonyl (C=O) groups excluding carboxylic acids is 1. The van der Waals surface area contributed by atoms with Crippen molar-refractivity contribution in [3.63, 3.8) is 0 Å². The summed E-state index contributed by atoms with van der Waals surface area (Å²) >= 11 is 0. The number of likely N-dealkylation sites (tertiary alicyclic amines) is 1. The average Bonchev–Trinajstić information content (AvgIpc) is 2.95. The summed E-state index contributed by atoms with van der Waals surface area (Å²) < 4.78 is 2.01. The fourth-order valence-corrected chi connectivity index (χ4v) is 3.51. The first-order valence-electron chi connectivity index (χ1n) is 8.75. The molecule has 1 saturated heterocycles. The lowest BCUT2D eigenvalue weighted by Crippen LogP contribution is -2.37. The molecular weight excluding hydrogens is 286 g/mol. The van der Waals surface area contributed by atoms with Crippen LogP contribution in [0.2, 0.25) is 0 Å². The zero-order chi connectivity index (χ0) is 16.1. The summed E-state index contributed by atoms with van der Waals surface area (Å²) in [5.41, 5.74) is 1.12. The lowest BCUT2D eigenvalue weighted by molar-refractivity contribution is -0.121. The lowest BCUT2D eigenvalue weighted by Gasteiger charge is -2.30. The molecule has 1 aromatic carbocycles.